The number of hydrogen-bond donors (Lipinski definition) is 1. The highest BCUT2D eigenvalue weighted by Crippen LogP contribution is 2.12. The maximum Gasteiger partial charge on any atom is 0.123 e. The fraction of sp³-hybridized carbons (Fsp3) is 0.400. The Labute approximate surface area is 77.5 Å². The lowest BCUT2D eigenvalue weighted by molar-refractivity contribution is 0.184. The zero-order chi connectivity index (χ0) is 9.68. The molecule has 13 heavy (non-hydrogen) atoms. The van der Waals surface area contributed by atoms with E-state index in [9.17, 15) is 4.39 Å². The van der Waals surface area contributed by atoms with Crippen molar-refractivity contribution in [3.05, 3.63) is 35.1 Å². The number of methoxy groups -OCH3 is 1. The lowest BCUT2D eigenvalue weighted by Crippen LogP contribution is -2.06. The molecule has 1 aromatic rings. The molecule has 0 aliphatic carbocycles. The maximum absolute atomic E-state index is 12.8. The number of benzene rings is 1. The Morgan fingerprint density at radius 2 is 2.15 bits per heavy atom. The third kappa shape index (κ3) is 2.79. The summed E-state index contributed by atoms with van der Waals surface area (Å²) in [5.74, 6) is -0.219. The van der Waals surface area contributed by atoms with Crippen LogP contribution in [0.15, 0.2) is 18.2 Å². The molecule has 0 fully saturated rings. The zero-order valence-corrected chi connectivity index (χ0v) is 7.72. The van der Waals surface area contributed by atoms with Gasteiger partial charge in [-0.15, -0.1) is 0 Å². The van der Waals surface area contributed by atoms with Crippen LogP contribution in [0.25, 0.3) is 0 Å². The van der Waals surface area contributed by atoms with Crippen LogP contribution < -0.4 is 5.73 Å². The van der Waals surface area contributed by atoms with Gasteiger partial charge in [-0.25, -0.2) is 4.39 Å². The van der Waals surface area contributed by atoms with Gasteiger partial charge in [0, 0.05) is 7.11 Å². The molecular formula is C10H14FNO. The Morgan fingerprint density at radius 3 is 2.77 bits per heavy atom. The van der Waals surface area contributed by atoms with Crippen LogP contribution in [-0.2, 0) is 17.8 Å². The van der Waals surface area contributed by atoms with Gasteiger partial charge >= 0.3 is 0 Å². The fourth-order valence-corrected chi connectivity index (χ4v) is 1.28. The van der Waals surface area contributed by atoms with Gasteiger partial charge in [-0.05, 0) is 36.2 Å². The average Bonchev–Trinajstić information content (AvgIpc) is 2.10. The van der Waals surface area contributed by atoms with E-state index in [0.717, 1.165) is 11.1 Å². The molecule has 0 aromatic heterocycles. The number of rotatable bonds is 4. The first kappa shape index (κ1) is 10.2. The molecule has 0 saturated heterocycles. The first-order chi connectivity index (χ1) is 6.27. The SMILES string of the molecule is COCc1ccc(F)cc1CCN. The van der Waals surface area contributed by atoms with Gasteiger partial charge in [0.15, 0.2) is 0 Å². The van der Waals surface area contributed by atoms with Crippen LogP contribution >= 0.6 is 0 Å². The summed E-state index contributed by atoms with van der Waals surface area (Å²) in [5.41, 5.74) is 7.36. The molecule has 2 N–H and O–H groups in total. The highest BCUT2D eigenvalue weighted by atomic mass is 19.1. The summed E-state index contributed by atoms with van der Waals surface area (Å²) in [4.78, 5) is 0. The van der Waals surface area contributed by atoms with Crippen LogP contribution in [0.4, 0.5) is 4.39 Å². The zero-order valence-electron chi connectivity index (χ0n) is 7.72. The standard InChI is InChI=1S/C10H14FNO/c1-13-7-9-2-3-10(11)6-8(9)4-5-12/h2-3,6H,4-5,7,12H2,1H3. The lowest BCUT2D eigenvalue weighted by atomic mass is 10.1. The summed E-state index contributed by atoms with van der Waals surface area (Å²) in [5, 5.41) is 0. The van der Waals surface area contributed by atoms with Crippen molar-refractivity contribution < 1.29 is 9.13 Å². The second kappa shape index (κ2) is 4.94. The topological polar surface area (TPSA) is 35.2 Å². The molecule has 3 heteroatoms. The summed E-state index contributed by atoms with van der Waals surface area (Å²) in [6.07, 6.45) is 0.691. The smallest absolute Gasteiger partial charge is 0.123 e. The van der Waals surface area contributed by atoms with E-state index in [1.165, 1.54) is 12.1 Å². The van der Waals surface area contributed by atoms with Gasteiger partial charge in [0.2, 0.25) is 0 Å². The quantitative estimate of drug-likeness (QED) is 0.767. The Bertz CT molecular complexity index is 276. The molecule has 0 radical (unpaired) electrons. The molecule has 0 spiro atoms. The van der Waals surface area contributed by atoms with Crippen LogP contribution in [-0.4, -0.2) is 13.7 Å². The van der Waals surface area contributed by atoms with Gasteiger partial charge in [-0.1, -0.05) is 6.07 Å². The van der Waals surface area contributed by atoms with Crippen LogP contribution in [0.2, 0.25) is 0 Å². The van der Waals surface area contributed by atoms with E-state index < -0.39 is 0 Å². The summed E-state index contributed by atoms with van der Waals surface area (Å²) in [6.45, 7) is 1.04. The molecule has 0 amide bonds. The highest BCUT2D eigenvalue weighted by molar-refractivity contribution is 5.27. The second-order valence-electron chi connectivity index (χ2n) is 2.88. The fourth-order valence-electron chi connectivity index (χ4n) is 1.28. The van der Waals surface area contributed by atoms with Crippen molar-refractivity contribution in [3.8, 4) is 0 Å². The summed E-state index contributed by atoms with van der Waals surface area (Å²) in [6, 6.07) is 4.69. The number of nitrogens with two attached hydrogens (primary N) is 1. The first-order valence-electron chi connectivity index (χ1n) is 4.24. The van der Waals surface area contributed by atoms with Crippen molar-refractivity contribution in [1.82, 2.24) is 0 Å². The van der Waals surface area contributed by atoms with Gasteiger partial charge in [-0.3, -0.25) is 0 Å². The van der Waals surface area contributed by atoms with E-state index in [1.807, 2.05) is 0 Å². The number of hydrogen-bond acceptors (Lipinski definition) is 2. The van der Waals surface area contributed by atoms with Gasteiger partial charge in [0.1, 0.15) is 5.82 Å². The first-order valence-corrected chi connectivity index (χ1v) is 4.24. The molecule has 0 saturated carbocycles. The molecule has 0 bridgehead atoms. The molecule has 72 valence electrons. The molecule has 1 rings (SSSR count). The van der Waals surface area contributed by atoms with Crippen LogP contribution in [0.5, 0.6) is 0 Å². The summed E-state index contributed by atoms with van der Waals surface area (Å²) in [7, 11) is 1.62. The molecule has 0 unspecified atom stereocenters. The predicted octanol–water partition coefficient (Wildman–Crippen LogP) is 1.47. The molecule has 1 aromatic carbocycles. The Hall–Kier alpha value is -0.930. The number of ether oxygens (including phenoxy) is 1. The molecule has 0 atom stereocenters. The normalized spacial score (nSPS) is 10.4. The second-order valence-corrected chi connectivity index (χ2v) is 2.88. The minimum absolute atomic E-state index is 0.219. The van der Waals surface area contributed by atoms with E-state index in [1.54, 1.807) is 13.2 Å². The van der Waals surface area contributed by atoms with Gasteiger partial charge in [-0.2, -0.15) is 0 Å². The van der Waals surface area contributed by atoms with E-state index in [0.29, 0.717) is 19.6 Å². The Kier molecular flexibility index (Phi) is 3.86. The van der Waals surface area contributed by atoms with E-state index >= 15 is 0 Å². The third-order valence-electron chi connectivity index (χ3n) is 1.88. The number of halogens is 1. The summed E-state index contributed by atoms with van der Waals surface area (Å²) >= 11 is 0. The van der Waals surface area contributed by atoms with Crippen molar-refractivity contribution in [1.29, 1.82) is 0 Å². The minimum Gasteiger partial charge on any atom is -0.380 e. The Morgan fingerprint density at radius 1 is 1.38 bits per heavy atom. The van der Waals surface area contributed by atoms with Gasteiger partial charge < -0.3 is 10.5 Å². The van der Waals surface area contributed by atoms with Crippen molar-refractivity contribution in [2.75, 3.05) is 13.7 Å². The van der Waals surface area contributed by atoms with Crippen molar-refractivity contribution in [2.24, 2.45) is 5.73 Å². The van der Waals surface area contributed by atoms with Crippen LogP contribution in [0.3, 0.4) is 0 Å². The molecule has 0 aliphatic heterocycles. The maximum atomic E-state index is 12.8. The molecule has 0 heterocycles. The van der Waals surface area contributed by atoms with Crippen LogP contribution in [0, 0.1) is 5.82 Å². The van der Waals surface area contributed by atoms with E-state index in [2.05, 4.69) is 0 Å². The minimum atomic E-state index is -0.219. The molecule has 2 nitrogen and oxygen atoms in total. The lowest BCUT2D eigenvalue weighted by Gasteiger charge is -2.07. The Balaban J connectivity index is 2.89. The molecule has 0 aliphatic rings. The van der Waals surface area contributed by atoms with Crippen molar-refractivity contribution in [2.45, 2.75) is 13.0 Å². The highest BCUT2D eigenvalue weighted by Gasteiger charge is 2.02. The van der Waals surface area contributed by atoms with Crippen molar-refractivity contribution >= 4 is 0 Å². The van der Waals surface area contributed by atoms with Gasteiger partial charge in [0.25, 0.3) is 0 Å². The van der Waals surface area contributed by atoms with E-state index in [4.69, 9.17) is 10.5 Å². The average molecular weight is 183 g/mol. The van der Waals surface area contributed by atoms with Gasteiger partial charge in [0.05, 0.1) is 6.61 Å². The third-order valence-corrected chi connectivity index (χ3v) is 1.88. The van der Waals surface area contributed by atoms with Crippen LogP contribution in [0.1, 0.15) is 11.1 Å². The largest absolute Gasteiger partial charge is 0.380 e. The van der Waals surface area contributed by atoms with E-state index in [-0.39, 0.29) is 5.82 Å². The summed E-state index contributed by atoms with van der Waals surface area (Å²) < 4.78 is 17.8. The van der Waals surface area contributed by atoms with Crippen molar-refractivity contribution in [3.63, 3.8) is 0 Å². The molecular weight excluding hydrogens is 169 g/mol. The predicted molar refractivity (Wildman–Crippen MR) is 49.9 cm³/mol. The monoisotopic (exact) mass is 183 g/mol.